The number of nitrogens with one attached hydrogen (secondary N) is 2. The Hall–Kier alpha value is -3.19. The second-order valence-corrected chi connectivity index (χ2v) is 7.21. The molecule has 1 aliphatic rings. The molecule has 0 bridgehead atoms. The van der Waals surface area contributed by atoms with Crippen molar-refractivity contribution in [3.8, 4) is 0 Å². The van der Waals surface area contributed by atoms with Gasteiger partial charge in [-0.25, -0.2) is 0 Å². The van der Waals surface area contributed by atoms with Gasteiger partial charge in [-0.15, -0.1) is 0 Å². The van der Waals surface area contributed by atoms with Gasteiger partial charge in [0.15, 0.2) is 0 Å². The number of rotatable bonds is 5. The Balaban J connectivity index is 1.47. The molecule has 1 saturated heterocycles. The molecule has 0 aromatic heterocycles. The number of piperidine rings is 1. The zero-order valence-corrected chi connectivity index (χ0v) is 16.3. The van der Waals surface area contributed by atoms with E-state index in [2.05, 4.69) is 22.8 Å². The smallest absolute Gasteiger partial charge is 0.313 e. The maximum absolute atomic E-state index is 12.5. The molecule has 3 rings (SSSR count). The van der Waals surface area contributed by atoms with Crippen LogP contribution in [0.3, 0.4) is 0 Å². The Bertz CT molecular complexity index is 844. The summed E-state index contributed by atoms with van der Waals surface area (Å²) in [5, 5.41) is 5.23. The van der Waals surface area contributed by atoms with E-state index in [1.54, 1.807) is 29.2 Å². The topological polar surface area (TPSA) is 105 Å². The molecule has 0 aliphatic carbocycles. The summed E-state index contributed by atoms with van der Waals surface area (Å²) in [5.41, 5.74) is 7.63. The Morgan fingerprint density at radius 1 is 0.897 bits per heavy atom. The van der Waals surface area contributed by atoms with Crippen molar-refractivity contribution >= 4 is 29.1 Å². The molecule has 3 amide bonds. The number of nitrogens with zero attached hydrogens (tertiary/aromatic N) is 1. The molecule has 29 heavy (non-hydrogen) atoms. The largest absolute Gasteiger partial charge is 0.334 e. The first-order valence-corrected chi connectivity index (χ1v) is 9.79. The van der Waals surface area contributed by atoms with Crippen molar-refractivity contribution in [2.24, 2.45) is 11.7 Å². The van der Waals surface area contributed by atoms with Crippen LogP contribution in [0.15, 0.2) is 54.6 Å². The van der Waals surface area contributed by atoms with Gasteiger partial charge < -0.3 is 21.3 Å². The number of benzene rings is 2. The number of anilines is 2. The van der Waals surface area contributed by atoms with E-state index in [0.717, 1.165) is 19.3 Å². The Labute approximate surface area is 170 Å². The fourth-order valence-electron chi connectivity index (χ4n) is 3.46. The molecule has 0 unspecified atom stereocenters. The third-order valence-corrected chi connectivity index (χ3v) is 5.08. The summed E-state index contributed by atoms with van der Waals surface area (Å²) in [6.07, 6.45) is 2.79. The molecule has 152 valence electrons. The van der Waals surface area contributed by atoms with Gasteiger partial charge in [0.05, 0.1) is 6.54 Å². The number of hydrogen-bond donors (Lipinski definition) is 3. The van der Waals surface area contributed by atoms with Gasteiger partial charge >= 0.3 is 11.8 Å². The third kappa shape index (κ3) is 5.89. The van der Waals surface area contributed by atoms with Crippen molar-refractivity contribution in [1.82, 2.24) is 4.90 Å². The Kier molecular flexibility index (Phi) is 6.97. The fraction of sp³-hybridized carbons (Fsp3) is 0.318. The maximum Gasteiger partial charge on any atom is 0.313 e. The fourth-order valence-corrected chi connectivity index (χ4v) is 3.46. The molecular weight excluding hydrogens is 368 g/mol. The lowest BCUT2D eigenvalue weighted by Crippen LogP contribution is -2.44. The lowest BCUT2D eigenvalue weighted by molar-refractivity contribution is -0.144. The second-order valence-electron chi connectivity index (χ2n) is 7.21. The van der Waals surface area contributed by atoms with E-state index in [9.17, 15) is 14.4 Å². The van der Waals surface area contributed by atoms with Crippen molar-refractivity contribution in [3.63, 3.8) is 0 Å². The summed E-state index contributed by atoms with van der Waals surface area (Å²) < 4.78 is 0. The van der Waals surface area contributed by atoms with E-state index in [0.29, 0.717) is 30.4 Å². The number of hydrogen-bond acceptors (Lipinski definition) is 4. The van der Waals surface area contributed by atoms with E-state index in [1.165, 1.54) is 5.56 Å². The first-order valence-electron chi connectivity index (χ1n) is 9.79. The number of carbonyl (C=O) groups excluding carboxylic acids is 3. The summed E-state index contributed by atoms with van der Waals surface area (Å²) in [4.78, 5) is 37.7. The molecule has 1 fully saturated rings. The van der Waals surface area contributed by atoms with Crippen molar-refractivity contribution < 1.29 is 14.4 Å². The zero-order chi connectivity index (χ0) is 20.6. The van der Waals surface area contributed by atoms with Crippen molar-refractivity contribution in [3.05, 3.63) is 60.2 Å². The highest BCUT2D eigenvalue weighted by Crippen LogP contribution is 2.22. The summed E-state index contributed by atoms with van der Waals surface area (Å²) in [5.74, 6) is -0.928. The van der Waals surface area contributed by atoms with Gasteiger partial charge in [-0.3, -0.25) is 14.4 Å². The van der Waals surface area contributed by atoms with Crippen LogP contribution in [-0.2, 0) is 20.8 Å². The molecule has 7 nitrogen and oxygen atoms in total. The van der Waals surface area contributed by atoms with Crippen LogP contribution in [0.2, 0.25) is 0 Å². The Morgan fingerprint density at radius 2 is 1.48 bits per heavy atom. The van der Waals surface area contributed by atoms with E-state index in [1.807, 2.05) is 18.2 Å². The lowest BCUT2D eigenvalue weighted by atomic mass is 9.90. The minimum absolute atomic E-state index is 0.102. The van der Waals surface area contributed by atoms with Crippen LogP contribution in [0.4, 0.5) is 11.4 Å². The van der Waals surface area contributed by atoms with Crippen molar-refractivity contribution in [2.75, 3.05) is 30.3 Å². The molecule has 2 aromatic rings. The molecule has 0 radical (unpaired) electrons. The van der Waals surface area contributed by atoms with Crippen LogP contribution >= 0.6 is 0 Å². The SMILES string of the molecule is NCC(=O)Nc1ccc(NC(=O)C(=O)N2CCC(Cc3ccccc3)CC2)cc1. The first-order chi connectivity index (χ1) is 14.0. The van der Waals surface area contributed by atoms with Gasteiger partial charge in [-0.2, -0.15) is 0 Å². The van der Waals surface area contributed by atoms with Crippen LogP contribution in [-0.4, -0.2) is 42.3 Å². The standard InChI is InChI=1S/C22H26N4O3/c23-15-20(27)24-18-6-8-19(9-7-18)25-21(28)22(29)26-12-10-17(11-13-26)14-16-4-2-1-3-5-16/h1-9,17H,10-15,23H2,(H,24,27)(H,25,28). The normalized spacial score (nSPS) is 14.3. The minimum atomic E-state index is -0.648. The molecule has 2 aromatic carbocycles. The zero-order valence-electron chi connectivity index (χ0n) is 16.3. The average Bonchev–Trinajstić information content (AvgIpc) is 2.75. The molecule has 0 atom stereocenters. The predicted molar refractivity (Wildman–Crippen MR) is 112 cm³/mol. The number of carbonyl (C=O) groups is 3. The van der Waals surface area contributed by atoms with Crippen LogP contribution in [0, 0.1) is 5.92 Å². The second kappa shape index (κ2) is 9.84. The van der Waals surface area contributed by atoms with Gasteiger partial charge in [-0.1, -0.05) is 30.3 Å². The van der Waals surface area contributed by atoms with Crippen LogP contribution in [0.5, 0.6) is 0 Å². The van der Waals surface area contributed by atoms with Crippen LogP contribution < -0.4 is 16.4 Å². The van der Waals surface area contributed by atoms with E-state index >= 15 is 0 Å². The van der Waals surface area contributed by atoms with Gasteiger partial charge in [0, 0.05) is 24.5 Å². The van der Waals surface area contributed by atoms with Gasteiger partial charge in [-0.05, 0) is 55.0 Å². The summed E-state index contributed by atoms with van der Waals surface area (Å²) in [6, 6.07) is 16.9. The molecule has 1 aliphatic heterocycles. The van der Waals surface area contributed by atoms with Gasteiger partial charge in [0.2, 0.25) is 5.91 Å². The monoisotopic (exact) mass is 394 g/mol. The van der Waals surface area contributed by atoms with Crippen LogP contribution in [0.1, 0.15) is 18.4 Å². The molecule has 0 saturated carbocycles. The first kappa shape index (κ1) is 20.5. The third-order valence-electron chi connectivity index (χ3n) is 5.08. The Morgan fingerprint density at radius 3 is 2.07 bits per heavy atom. The molecule has 7 heteroatoms. The van der Waals surface area contributed by atoms with E-state index < -0.39 is 11.8 Å². The lowest BCUT2D eigenvalue weighted by Gasteiger charge is -2.31. The highest BCUT2D eigenvalue weighted by atomic mass is 16.2. The summed E-state index contributed by atoms with van der Waals surface area (Å²) in [6.45, 7) is 1.08. The highest BCUT2D eigenvalue weighted by molar-refractivity contribution is 6.39. The highest BCUT2D eigenvalue weighted by Gasteiger charge is 2.27. The quantitative estimate of drug-likeness (QED) is 0.675. The predicted octanol–water partition coefficient (Wildman–Crippen LogP) is 2.00. The van der Waals surface area contributed by atoms with E-state index in [4.69, 9.17) is 5.73 Å². The van der Waals surface area contributed by atoms with E-state index in [-0.39, 0.29) is 12.5 Å². The molecule has 4 N–H and O–H groups in total. The molecule has 1 heterocycles. The van der Waals surface area contributed by atoms with Crippen molar-refractivity contribution in [1.29, 1.82) is 0 Å². The summed E-state index contributed by atoms with van der Waals surface area (Å²) in [7, 11) is 0. The maximum atomic E-state index is 12.5. The molecule has 0 spiro atoms. The van der Waals surface area contributed by atoms with Crippen LogP contribution in [0.25, 0.3) is 0 Å². The summed E-state index contributed by atoms with van der Waals surface area (Å²) >= 11 is 0. The average molecular weight is 394 g/mol. The number of likely N-dealkylation sites (tertiary alicyclic amines) is 1. The van der Waals surface area contributed by atoms with Crippen molar-refractivity contribution in [2.45, 2.75) is 19.3 Å². The molecular formula is C22H26N4O3. The minimum Gasteiger partial charge on any atom is -0.334 e. The van der Waals surface area contributed by atoms with Gasteiger partial charge in [0.1, 0.15) is 0 Å². The van der Waals surface area contributed by atoms with Gasteiger partial charge in [0.25, 0.3) is 0 Å². The number of amides is 3. The number of nitrogens with two attached hydrogens (primary N) is 1.